The predicted octanol–water partition coefficient (Wildman–Crippen LogP) is 0.985. The number of ketones is 1. The van der Waals surface area contributed by atoms with E-state index in [0.717, 1.165) is 23.5 Å². The fraction of sp³-hybridized carbons (Fsp3) is 0.571. The molecule has 1 rings (SSSR count). The summed E-state index contributed by atoms with van der Waals surface area (Å²) in [7, 11) is 3.36. The molecular formula is C14H23N3O2. The molecule has 0 aliphatic rings. The second-order valence-corrected chi connectivity index (χ2v) is 4.80. The van der Waals surface area contributed by atoms with Gasteiger partial charge in [-0.25, -0.2) is 0 Å². The third-order valence-corrected chi connectivity index (χ3v) is 3.30. The maximum atomic E-state index is 12.2. The molecule has 0 bridgehead atoms. The van der Waals surface area contributed by atoms with Gasteiger partial charge in [-0.3, -0.25) is 14.5 Å². The quantitative estimate of drug-likeness (QED) is 0.780. The van der Waals surface area contributed by atoms with E-state index in [9.17, 15) is 9.59 Å². The molecule has 0 aliphatic heterocycles. The van der Waals surface area contributed by atoms with Crippen molar-refractivity contribution in [3.8, 4) is 0 Å². The summed E-state index contributed by atoms with van der Waals surface area (Å²) < 4.78 is 2.12. The second kappa shape index (κ2) is 6.52. The molecule has 5 heteroatoms. The van der Waals surface area contributed by atoms with Gasteiger partial charge in [0.2, 0.25) is 5.91 Å². The Morgan fingerprint density at radius 2 is 1.95 bits per heavy atom. The predicted molar refractivity (Wildman–Crippen MR) is 75.5 cm³/mol. The average Bonchev–Trinajstić information content (AvgIpc) is 2.63. The van der Waals surface area contributed by atoms with Crippen LogP contribution in [0.4, 0.5) is 0 Å². The molecule has 1 aromatic rings. The topological polar surface area (TPSA) is 54.3 Å². The lowest BCUT2D eigenvalue weighted by Gasteiger charge is -2.14. The van der Waals surface area contributed by atoms with Gasteiger partial charge < -0.3 is 9.88 Å². The van der Waals surface area contributed by atoms with Gasteiger partial charge in [-0.1, -0.05) is 0 Å². The van der Waals surface area contributed by atoms with Crippen LogP contribution in [0, 0.1) is 13.8 Å². The number of nitrogens with zero attached hydrogens (tertiary/aromatic N) is 2. The molecule has 106 valence electrons. The van der Waals surface area contributed by atoms with Crippen LogP contribution in [0.15, 0.2) is 6.07 Å². The first-order chi connectivity index (χ1) is 8.90. The number of carbonyl (C=O) groups excluding carboxylic acids is 2. The van der Waals surface area contributed by atoms with Crippen molar-refractivity contribution in [2.45, 2.75) is 27.3 Å². The van der Waals surface area contributed by atoms with E-state index in [4.69, 9.17) is 0 Å². The van der Waals surface area contributed by atoms with Crippen molar-refractivity contribution in [2.75, 3.05) is 27.2 Å². The molecule has 1 N–H and O–H groups in total. The molecule has 1 amide bonds. The summed E-state index contributed by atoms with van der Waals surface area (Å²) in [6.45, 7) is 7.37. The van der Waals surface area contributed by atoms with E-state index >= 15 is 0 Å². The number of Topliss-reactive ketones (excluding diaryl/α,β-unsaturated/α-hetero) is 1. The van der Waals surface area contributed by atoms with E-state index in [1.807, 2.05) is 19.9 Å². The maximum Gasteiger partial charge on any atom is 0.233 e. The Hall–Kier alpha value is -1.62. The minimum atomic E-state index is -0.0886. The van der Waals surface area contributed by atoms with Gasteiger partial charge in [-0.15, -0.1) is 0 Å². The van der Waals surface area contributed by atoms with E-state index < -0.39 is 0 Å². The summed E-state index contributed by atoms with van der Waals surface area (Å²) in [5.74, 6) is -0.0338. The van der Waals surface area contributed by atoms with Crippen molar-refractivity contribution in [1.29, 1.82) is 0 Å². The van der Waals surface area contributed by atoms with E-state index in [2.05, 4.69) is 16.8 Å². The minimum Gasteiger partial charge on any atom is -0.358 e. The smallest absolute Gasteiger partial charge is 0.233 e. The highest BCUT2D eigenvalue weighted by atomic mass is 16.2. The van der Waals surface area contributed by atoms with Gasteiger partial charge in [0.05, 0.1) is 13.1 Å². The number of carbonyl (C=O) groups is 2. The fourth-order valence-electron chi connectivity index (χ4n) is 2.28. The number of hydrogen-bond acceptors (Lipinski definition) is 3. The number of rotatable bonds is 6. The molecule has 0 radical (unpaired) electrons. The van der Waals surface area contributed by atoms with E-state index in [1.165, 1.54) is 0 Å². The maximum absolute atomic E-state index is 12.2. The monoisotopic (exact) mass is 265 g/mol. The lowest BCUT2D eigenvalue weighted by molar-refractivity contribution is -0.121. The van der Waals surface area contributed by atoms with Crippen molar-refractivity contribution >= 4 is 11.7 Å². The molecule has 5 nitrogen and oxygen atoms in total. The Kier molecular flexibility index (Phi) is 5.30. The van der Waals surface area contributed by atoms with Gasteiger partial charge in [-0.2, -0.15) is 0 Å². The molecule has 0 atom stereocenters. The summed E-state index contributed by atoms with van der Waals surface area (Å²) >= 11 is 0. The Balaban J connectivity index is 2.76. The highest BCUT2D eigenvalue weighted by Crippen LogP contribution is 2.15. The van der Waals surface area contributed by atoms with Gasteiger partial charge in [0.25, 0.3) is 0 Å². The molecule has 19 heavy (non-hydrogen) atoms. The standard InChI is InChI=1S/C14H23N3O2/c1-6-17-10(2)7-12(11(17)3)13(18)8-16(5)9-14(19)15-4/h7H,6,8-9H2,1-5H3,(H,15,19). The molecular weight excluding hydrogens is 242 g/mol. The van der Waals surface area contributed by atoms with Crippen LogP contribution in [0.1, 0.15) is 28.7 Å². The summed E-state index contributed by atoms with van der Waals surface area (Å²) in [5.41, 5.74) is 2.85. The molecule has 0 spiro atoms. The molecule has 1 heterocycles. The number of aromatic nitrogens is 1. The van der Waals surface area contributed by atoms with Gasteiger partial charge in [0.1, 0.15) is 0 Å². The number of likely N-dealkylation sites (N-methyl/N-ethyl adjacent to an activating group) is 2. The Bertz CT molecular complexity index is 477. The normalized spacial score (nSPS) is 10.8. The number of aryl methyl sites for hydroxylation is 1. The summed E-state index contributed by atoms with van der Waals surface area (Å²) in [6.07, 6.45) is 0. The molecule has 0 fully saturated rings. The summed E-state index contributed by atoms with van der Waals surface area (Å²) in [6, 6.07) is 1.93. The van der Waals surface area contributed by atoms with E-state index in [-0.39, 0.29) is 24.8 Å². The van der Waals surface area contributed by atoms with E-state index in [1.54, 1.807) is 19.0 Å². The van der Waals surface area contributed by atoms with Crippen molar-refractivity contribution in [1.82, 2.24) is 14.8 Å². The van der Waals surface area contributed by atoms with Gasteiger partial charge in [0, 0.05) is 30.5 Å². The van der Waals surface area contributed by atoms with Crippen LogP contribution in [0.5, 0.6) is 0 Å². The number of amides is 1. The van der Waals surface area contributed by atoms with Crippen LogP contribution in [0.3, 0.4) is 0 Å². The number of nitrogens with one attached hydrogen (secondary N) is 1. The van der Waals surface area contributed by atoms with Crippen LogP contribution >= 0.6 is 0 Å². The zero-order valence-electron chi connectivity index (χ0n) is 12.4. The summed E-state index contributed by atoms with van der Waals surface area (Å²) in [4.78, 5) is 25.2. The zero-order valence-corrected chi connectivity index (χ0v) is 12.4. The fourth-order valence-corrected chi connectivity index (χ4v) is 2.28. The Morgan fingerprint density at radius 1 is 1.32 bits per heavy atom. The van der Waals surface area contributed by atoms with Crippen molar-refractivity contribution in [3.63, 3.8) is 0 Å². The molecule has 1 aromatic heterocycles. The highest BCUT2D eigenvalue weighted by Gasteiger charge is 2.17. The van der Waals surface area contributed by atoms with Crippen molar-refractivity contribution in [3.05, 3.63) is 23.0 Å². The second-order valence-electron chi connectivity index (χ2n) is 4.80. The van der Waals surface area contributed by atoms with E-state index in [0.29, 0.717) is 0 Å². The lowest BCUT2D eigenvalue weighted by Crippen LogP contribution is -2.36. The third kappa shape index (κ3) is 3.67. The van der Waals surface area contributed by atoms with Crippen LogP contribution in [0.25, 0.3) is 0 Å². The molecule has 0 saturated carbocycles. The first-order valence-electron chi connectivity index (χ1n) is 6.49. The van der Waals surface area contributed by atoms with Crippen LogP contribution in [0.2, 0.25) is 0 Å². The summed E-state index contributed by atoms with van der Waals surface area (Å²) in [5, 5.41) is 2.55. The zero-order chi connectivity index (χ0) is 14.6. The third-order valence-electron chi connectivity index (χ3n) is 3.30. The van der Waals surface area contributed by atoms with Crippen molar-refractivity contribution in [2.24, 2.45) is 0 Å². The SMILES string of the molecule is CCn1c(C)cc(C(=O)CN(C)CC(=O)NC)c1C. The molecule has 0 aromatic carbocycles. The van der Waals surface area contributed by atoms with Gasteiger partial charge in [-0.05, 0) is 33.9 Å². The molecule has 0 unspecified atom stereocenters. The van der Waals surface area contributed by atoms with Gasteiger partial charge in [0.15, 0.2) is 5.78 Å². The molecule has 0 saturated heterocycles. The average molecular weight is 265 g/mol. The minimum absolute atomic E-state index is 0.0548. The Labute approximate surface area is 114 Å². The molecule has 0 aliphatic carbocycles. The lowest BCUT2D eigenvalue weighted by atomic mass is 10.1. The Morgan fingerprint density at radius 3 is 2.42 bits per heavy atom. The largest absolute Gasteiger partial charge is 0.358 e. The van der Waals surface area contributed by atoms with Gasteiger partial charge >= 0.3 is 0 Å². The van der Waals surface area contributed by atoms with Crippen LogP contribution in [-0.4, -0.2) is 48.3 Å². The first-order valence-corrected chi connectivity index (χ1v) is 6.49. The van der Waals surface area contributed by atoms with Crippen molar-refractivity contribution < 1.29 is 9.59 Å². The van der Waals surface area contributed by atoms with Crippen LogP contribution < -0.4 is 5.32 Å². The first kappa shape index (κ1) is 15.4. The van der Waals surface area contributed by atoms with Crippen LogP contribution in [-0.2, 0) is 11.3 Å². The highest BCUT2D eigenvalue weighted by molar-refractivity contribution is 5.99. The number of hydrogen-bond donors (Lipinski definition) is 1.